The highest BCUT2D eigenvalue weighted by Crippen LogP contribution is 2.35. The Bertz CT molecular complexity index is 543. The third kappa shape index (κ3) is 12.5. The molecule has 27 heavy (non-hydrogen) atoms. The fourth-order valence-corrected chi connectivity index (χ4v) is 3.26. The molecule has 0 aromatic rings. The summed E-state index contributed by atoms with van der Waals surface area (Å²) in [4.78, 5) is 0. The van der Waals surface area contributed by atoms with E-state index in [0.29, 0.717) is 0 Å². The maximum absolute atomic E-state index is 4.43. The van der Waals surface area contributed by atoms with E-state index in [0.717, 1.165) is 12.8 Å². The lowest BCUT2D eigenvalue weighted by Gasteiger charge is -2.19. The lowest BCUT2D eigenvalue weighted by molar-refractivity contribution is 0.707. The van der Waals surface area contributed by atoms with E-state index in [4.69, 9.17) is 0 Å². The van der Waals surface area contributed by atoms with Crippen LogP contribution in [0.5, 0.6) is 0 Å². The van der Waals surface area contributed by atoms with Gasteiger partial charge in [0.25, 0.3) is 0 Å². The fourth-order valence-electron chi connectivity index (χ4n) is 3.26. The Kier molecular flexibility index (Phi) is 18.3. The highest BCUT2D eigenvalue weighted by atomic mass is 14.2. The molecule has 0 nitrogen and oxygen atoms in total. The summed E-state index contributed by atoms with van der Waals surface area (Å²) in [6, 6.07) is 0. The largest absolute Gasteiger partial charge is 0.103 e. The van der Waals surface area contributed by atoms with Crippen LogP contribution < -0.4 is 0 Å². The van der Waals surface area contributed by atoms with Crippen molar-refractivity contribution in [1.82, 2.24) is 0 Å². The van der Waals surface area contributed by atoms with Crippen LogP contribution in [-0.4, -0.2) is 0 Å². The first-order valence-electron chi connectivity index (χ1n) is 10.8. The average molecular weight is 371 g/mol. The van der Waals surface area contributed by atoms with Crippen molar-refractivity contribution in [3.8, 4) is 0 Å². The molecule has 0 spiro atoms. The molecular formula is C27H46. The van der Waals surface area contributed by atoms with Gasteiger partial charge in [-0.15, -0.1) is 6.58 Å². The van der Waals surface area contributed by atoms with Crippen molar-refractivity contribution >= 4 is 0 Å². The van der Waals surface area contributed by atoms with Crippen molar-refractivity contribution in [2.24, 2.45) is 0 Å². The SMILES string of the molecule is C=C(CC/C(C)=C/C=C\C)C(=C(C)C)C1=C(C)CCCCC1.C=CC.CC. The number of hydrogen-bond acceptors (Lipinski definition) is 0. The quantitative estimate of drug-likeness (QED) is 0.322. The molecule has 1 rings (SSSR count). The minimum atomic E-state index is 1.07. The van der Waals surface area contributed by atoms with E-state index in [1.54, 1.807) is 17.2 Å². The first kappa shape index (κ1) is 27.7. The molecule has 0 N–H and O–H groups in total. The Labute approximate surface area is 171 Å². The van der Waals surface area contributed by atoms with Gasteiger partial charge in [-0.05, 0) is 96.8 Å². The molecule has 0 heteroatoms. The van der Waals surface area contributed by atoms with Crippen molar-refractivity contribution in [3.63, 3.8) is 0 Å². The van der Waals surface area contributed by atoms with Gasteiger partial charge in [-0.25, -0.2) is 0 Å². The predicted molar refractivity (Wildman–Crippen MR) is 128 cm³/mol. The van der Waals surface area contributed by atoms with Crippen molar-refractivity contribution in [1.29, 1.82) is 0 Å². The molecule has 0 saturated heterocycles. The highest BCUT2D eigenvalue weighted by Gasteiger charge is 2.16. The maximum Gasteiger partial charge on any atom is -0.0212 e. The highest BCUT2D eigenvalue weighted by molar-refractivity contribution is 5.50. The average Bonchev–Trinajstić information content (AvgIpc) is 2.85. The van der Waals surface area contributed by atoms with Crippen LogP contribution in [0.3, 0.4) is 0 Å². The number of rotatable bonds is 6. The van der Waals surface area contributed by atoms with Gasteiger partial charge in [-0.2, -0.15) is 0 Å². The fraction of sp³-hybridized carbons (Fsp3) is 0.556. The zero-order valence-corrected chi connectivity index (χ0v) is 19.7. The van der Waals surface area contributed by atoms with Crippen LogP contribution in [0, 0.1) is 0 Å². The lowest BCUT2D eigenvalue weighted by Crippen LogP contribution is -2.00. The zero-order chi connectivity index (χ0) is 21.2. The summed E-state index contributed by atoms with van der Waals surface area (Å²) in [5.41, 5.74) is 8.84. The summed E-state index contributed by atoms with van der Waals surface area (Å²) < 4.78 is 0. The van der Waals surface area contributed by atoms with Crippen LogP contribution in [-0.2, 0) is 0 Å². The maximum atomic E-state index is 4.43. The lowest BCUT2D eigenvalue weighted by atomic mass is 9.86. The van der Waals surface area contributed by atoms with E-state index in [1.165, 1.54) is 54.4 Å². The summed E-state index contributed by atoms with van der Waals surface area (Å²) in [6.07, 6.45) is 16.9. The minimum absolute atomic E-state index is 1.07. The molecule has 0 aromatic carbocycles. The Balaban J connectivity index is 0. The molecule has 0 radical (unpaired) electrons. The first-order chi connectivity index (χ1) is 12.9. The van der Waals surface area contributed by atoms with Gasteiger partial charge in [0.1, 0.15) is 0 Å². The second-order valence-electron chi connectivity index (χ2n) is 7.25. The Morgan fingerprint density at radius 3 is 2.04 bits per heavy atom. The molecule has 0 aliphatic heterocycles. The molecule has 0 unspecified atom stereocenters. The molecule has 1 aliphatic rings. The molecule has 154 valence electrons. The normalized spacial score (nSPS) is 14.4. The molecule has 0 aromatic heterocycles. The molecular weight excluding hydrogens is 324 g/mol. The van der Waals surface area contributed by atoms with Gasteiger partial charge in [-0.3, -0.25) is 0 Å². The second-order valence-corrected chi connectivity index (χ2v) is 7.25. The molecule has 1 aliphatic carbocycles. The molecule has 0 heterocycles. The van der Waals surface area contributed by atoms with E-state index in [1.807, 2.05) is 20.8 Å². The van der Waals surface area contributed by atoms with Crippen LogP contribution in [0.15, 0.2) is 70.9 Å². The standard InChI is InChI=1S/C22H34.C3H6.C2H6/c1-7-8-12-18(4)15-16-20(6)22(17(2)3)21-14-11-9-10-13-19(21)5;1-3-2;1-2/h7-8,12H,6,9-11,13-16H2,1-5H3;3H,1H2,2H3;1-2H3/b8-7-,18-12+;;. The Morgan fingerprint density at radius 2 is 1.52 bits per heavy atom. The van der Waals surface area contributed by atoms with E-state index in [-0.39, 0.29) is 0 Å². The van der Waals surface area contributed by atoms with E-state index >= 15 is 0 Å². The van der Waals surface area contributed by atoms with Gasteiger partial charge in [0, 0.05) is 0 Å². The summed E-state index contributed by atoms with van der Waals surface area (Å²) in [6.45, 7) is 24.8. The first-order valence-corrected chi connectivity index (χ1v) is 10.8. The second kappa shape index (κ2) is 17.8. The van der Waals surface area contributed by atoms with Gasteiger partial charge in [-0.1, -0.05) is 67.9 Å². The van der Waals surface area contributed by atoms with Gasteiger partial charge < -0.3 is 0 Å². The third-order valence-corrected chi connectivity index (χ3v) is 4.54. The minimum Gasteiger partial charge on any atom is -0.103 e. The van der Waals surface area contributed by atoms with E-state index in [2.05, 4.69) is 66.0 Å². The van der Waals surface area contributed by atoms with Gasteiger partial charge in [0.2, 0.25) is 0 Å². The predicted octanol–water partition coefficient (Wildman–Crippen LogP) is 9.68. The van der Waals surface area contributed by atoms with Crippen molar-refractivity contribution in [2.75, 3.05) is 0 Å². The van der Waals surface area contributed by atoms with E-state index in [9.17, 15) is 0 Å². The summed E-state index contributed by atoms with van der Waals surface area (Å²) in [7, 11) is 0. The van der Waals surface area contributed by atoms with Crippen LogP contribution in [0.25, 0.3) is 0 Å². The van der Waals surface area contributed by atoms with Crippen LogP contribution in [0.2, 0.25) is 0 Å². The molecule has 0 bridgehead atoms. The summed E-state index contributed by atoms with van der Waals surface area (Å²) >= 11 is 0. The van der Waals surface area contributed by atoms with Crippen molar-refractivity contribution in [3.05, 3.63) is 70.9 Å². The molecule has 0 fully saturated rings. The number of hydrogen-bond donors (Lipinski definition) is 0. The van der Waals surface area contributed by atoms with Crippen LogP contribution in [0.1, 0.15) is 100 Å². The Morgan fingerprint density at radius 1 is 0.963 bits per heavy atom. The smallest absolute Gasteiger partial charge is 0.0212 e. The van der Waals surface area contributed by atoms with Gasteiger partial charge >= 0.3 is 0 Å². The zero-order valence-electron chi connectivity index (χ0n) is 19.7. The topological polar surface area (TPSA) is 0 Å². The molecule has 0 amide bonds. The van der Waals surface area contributed by atoms with Crippen molar-refractivity contribution < 1.29 is 0 Å². The Hall–Kier alpha value is -1.56. The number of allylic oxidation sites excluding steroid dienone is 10. The molecule has 0 saturated carbocycles. The van der Waals surface area contributed by atoms with Crippen molar-refractivity contribution in [2.45, 2.75) is 100 Å². The third-order valence-electron chi connectivity index (χ3n) is 4.54. The van der Waals surface area contributed by atoms with Crippen LogP contribution in [0.4, 0.5) is 0 Å². The summed E-state index contributed by atoms with van der Waals surface area (Å²) in [5.74, 6) is 0. The van der Waals surface area contributed by atoms with Gasteiger partial charge in [0.05, 0.1) is 0 Å². The monoisotopic (exact) mass is 370 g/mol. The van der Waals surface area contributed by atoms with Gasteiger partial charge in [0.15, 0.2) is 0 Å². The van der Waals surface area contributed by atoms with E-state index < -0.39 is 0 Å². The summed E-state index contributed by atoms with van der Waals surface area (Å²) in [5, 5.41) is 0. The van der Waals surface area contributed by atoms with Crippen LogP contribution >= 0.6 is 0 Å². The molecule has 0 atom stereocenters.